The number of aromatic nitrogens is 2. The predicted molar refractivity (Wildman–Crippen MR) is 107 cm³/mol. The number of para-hydroxylation sites is 2. The summed E-state index contributed by atoms with van der Waals surface area (Å²) in [5.41, 5.74) is 4.04. The summed E-state index contributed by atoms with van der Waals surface area (Å²) in [4.78, 5) is 20.2. The topological polar surface area (TPSA) is 88.3 Å². The first-order valence-electron chi connectivity index (χ1n) is 8.77. The van der Waals surface area contributed by atoms with Crippen molar-refractivity contribution in [2.75, 3.05) is 17.4 Å². The molecule has 0 unspecified atom stereocenters. The lowest BCUT2D eigenvalue weighted by Crippen LogP contribution is -2.19. The number of fused-ring (bicyclic) bond motifs is 2. The van der Waals surface area contributed by atoms with E-state index in [1.807, 2.05) is 48.5 Å². The Morgan fingerprint density at radius 1 is 0.893 bits per heavy atom. The number of amides is 2. The Morgan fingerprint density at radius 3 is 2.61 bits per heavy atom. The zero-order valence-electron chi connectivity index (χ0n) is 14.7. The number of aromatic amines is 1. The van der Waals surface area contributed by atoms with Crippen LogP contribution in [0.3, 0.4) is 0 Å². The van der Waals surface area contributed by atoms with Crippen LogP contribution in [-0.4, -0.2) is 22.8 Å². The Balaban J connectivity index is 1.32. The number of ether oxygens (including phenoxy) is 2. The second-order valence-corrected chi connectivity index (χ2v) is 6.33. The third-order valence-electron chi connectivity index (χ3n) is 4.41. The molecule has 0 aliphatic carbocycles. The number of carbonyl (C=O) groups excluding carboxylic acids is 1. The van der Waals surface area contributed by atoms with Gasteiger partial charge in [-0.3, -0.25) is 0 Å². The second-order valence-electron chi connectivity index (χ2n) is 6.33. The van der Waals surface area contributed by atoms with Crippen LogP contribution in [-0.2, 0) is 0 Å². The zero-order valence-corrected chi connectivity index (χ0v) is 14.7. The summed E-state index contributed by atoms with van der Waals surface area (Å²) >= 11 is 0. The second kappa shape index (κ2) is 6.62. The van der Waals surface area contributed by atoms with Crippen molar-refractivity contribution >= 4 is 28.4 Å². The van der Waals surface area contributed by atoms with E-state index < -0.39 is 0 Å². The van der Waals surface area contributed by atoms with Crippen LogP contribution in [0.4, 0.5) is 16.2 Å². The van der Waals surface area contributed by atoms with Crippen molar-refractivity contribution in [2.24, 2.45) is 0 Å². The van der Waals surface area contributed by atoms with Gasteiger partial charge in [0.2, 0.25) is 6.79 Å². The van der Waals surface area contributed by atoms with Gasteiger partial charge < -0.3 is 25.1 Å². The molecular weight excluding hydrogens is 356 g/mol. The number of imidazole rings is 1. The quantitative estimate of drug-likeness (QED) is 0.490. The average molecular weight is 372 g/mol. The number of anilines is 2. The molecule has 0 fully saturated rings. The minimum Gasteiger partial charge on any atom is -0.454 e. The Bertz CT molecular complexity index is 1150. The van der Waals surface area contributed by atoms with Crippen LogP contribution in [0.2, 0.25) is 0 Å². The van der Waals surface area contributed by atoms with Crippen molar-refractivity contribution in [2.45, 2.75) is 0 Å². The molecule has 5 rings (SSSR count). The molecule has 0 spiro atoms. The molecule has 0 saturated heterocycles. The standard InChI is InChI=1S/C21H16N4O3/c26-21(23-15-8-9-18-19(11-15)28-12-27-18)22-14-5-3-4-13(10-14)20-24-16-6-1-2-7-17(16)25-20/h1-11H,12H2,(H,24,25)(H2,22,23,26). The lowest BCUT2D eigenvalue weighted by molar-refractivity contribution is 0.174. The van der Waals surface area contributed by atoms with Crippen LogP contribution in [0.25, 0.3) is 22.4 Å². The number of H-pyrrole nitrogens is 1. The van der Waals surface area contributed by atoms with E-state index in [0.717, 1.165) is 22.4 Å². The van der Waals surface area contributed by atoms with E-state index in [-0.39, 0.29) is 12.8 Å². The van der Waals surface area contributed by atoms with Gasteiger partial charge in [-0.25, -0.2) is 9.78 Å². The molecule has 2 heterocycles. The van der Waals surface area contributed by atoms with Gasteiger partial charge in [-0.05, 0) is 36.4 Å². The van der Waals surface area contributed by atoms with Gasteiger partial charge in [0.25, 0.3) is 0 Å². The van der Waals surface area contributed by atoms with Crippen LogP contribution < -0.4 is 20.1 Å². The fraction of sp³-hybridized carbons (Fsp3) is 0.0476. The van der Waals surface area contributed by atoms with E-state index in [0.29, 0.717) is 22.9 Å². The maximum absolute atomic E-state index is 12.4. The monoisotopic (exact) mass is 372 g/mol. The predicted octanol–water partition coefficient (Wildman–Crippen LogP) is 4.60. The van der Waals surface area contributed by atoms with Gasteiger partial charge in [0, 0.05) is 23.0 Å². The van der Waals surface area contributed by atoms with E-state index in [4.69, 9.17) is 9.47 Å². The number of carbonyl (C=O) groups is 1. The third kappa shape index (κ3) is 3.09. The Morgan fingerprint density at radius 2 is 1.71 bits per heavy atom. The molecule has 28 heavy (non-hydrogen) atoms. The highest BCUT2D eigenvalue weighted by molar-refractivity contribution is 6.00. The third-order valence-corrected chi connectivity index (χ3v) is 4.41. The molecule has 7 nitrogen and oxygen atoms in total. The van der Waals surface area contributed by atoms with Crippen molar-refractivity contribution in [1.82, 2.24) is 9.97 Å². The zero-order chi connectivity index (χ0) is 18.9. The van der Waals surface area contributed by atoms with Crippen LogP contribution >= 0.6 is 0 Å². The van der Waals surface area contributed by atoms with Gasteiger partial charge in [-0.15, -0.1) is 0 Å². The van der Waals surface area contributed by atoms with E-state index in [1.165, 1.54) is 0 Å². The Kier molecular flexibility index (Phi) is 3.83. The number of benzene rings is 3. The number of nitrogens with zero attached hydrogens (tertiary/aromatic N) is 1. The highest BCUT2D eigenvalue weighted by Gasteiger charge is 2.14. The number of urea groups is 1. The van der Waals surface area contributed by atoms with Crippen molar-refractivity contribution in [3.8, 4) is 22.9 Å². The van der Waals surface area contributed by atoms with Crippen LogP contribution in [0.15, 0.2) is 66.7 Å². The molecule has 3 N–H and O–H groups in total. The summed E-state index contributed by atoms with van der Waals surface area (Å²) in [6, 6.07) is 20.3. The summed E-state index contributed by atoms with van der Waals surface area (Å²) in [6.45, 7) is 0.194. The fourth-order valence-electron chi connectivity index (χ4n) is 3.10. The Labute approximate surface area is 160 Å². The van der Waals surface area contributed by atoms with E-state index >= 15 is 0 Å². The molecule has 0 radical (unpaired) electrons. The number of hydrogen-bond donors (Lipinski definition) is 3. The SMILES string of the molecule is O=C(Nc1cccc(-c2nc3ccccc3[nH]2)c1)Nc1ccc2c(c1)OCO2. The molecule has 138 valence electrons. The molecule has 0 atom stereocenters. The summed E-state index contributed by atoms with van der Waals surface area (Å²) in [7, 11) is 0. The normalized spacial score (nSPS) is 12.1. The van der Waals surface area contributed by atoms with Gasteiger partial charge in [0.05, 0.1) is 11.0 Å². The smallest absolute Gasteiger partial charge is 0.323 e. The van der Waals surface area contributed by atoms with Gasteiger partial charge in [-0.2, -0.15) is 0 Å². The highest BCUT2D eigenvalue weighted by Crippen LogP contribution is 2.34. The molecule has 4 aromatic rings. The van der Waals surface area contributed by atoms with Crippen LogP contribution in [0, 0.1) is 0 Å². The first kappa shape index (κ1) is 16.2. The van der Waals surface area contributed by atoms with Crippen molar-refractivity contribution in [3.05, 3.63) is 66.7 Å². The van der Waals surface area contributed by atoms with E-state index in [2.05, 4.69) is 20.6 Å². The van der Waals surface area contributed by atoms with Gasteiger partial charge >= 0.3 is 6.03 Å². The highest BCUT2D eigenvalue weighted by atomic mass is 16.7. The average Bonchev–Trinajstić information content (AvgIpc) is 3.34. The largest absolute Gasteiger partial charge is 0.454 e. The van der Waals surface area contributed by atoms with Crippen LogP contribution in [0.5, 0.6) is 11.5 Å². The molecule has 1 aliphatic heterocycles. The van der Waals surface area contributed by atoms with Crippen LogP contribution in [0.1, 0.15) is 0 Å². The molecule has 7 heteroatoms. The van der Waals surface area contributed by atoms with Crippen molar-refractivity contribution < 1.29 is 14.3 Å². The van der Waals surface area contributed by atoms with E-state index in [1.54, 1.807) is 18.2 Å². The molecule has 0 bridgehead atoms. The maximum Gasteiger partial charge on any atom is 0.323 e. The lowest BCUT2D eigenvalue weighted by atomic mass is 10.2. The summed E-state index contributed by atoms with van der Waals surface area (Å²) in [5, 5.41) is 5.63. The molecule has 2 amide bonds. The number of rotatable bonds is 3. The Hall–Kier alpha value is -4.00. The van der Waals surface area contributed by atoms with E-state index in [9.17, 15) is 4.79 Å². The first-order valence-corrected chi connectivity index (χ1v) is 8.77. The molecule has 1 aliphatic rings. The molecule has 0 saturated carbocycles. The molecule has 3 aromatic carbocycles. The van der Waals surface area contributed by atoms with Gasteiger partial charge in [0.15, 0.2) is 11.5 Å². The molecular formula is C21H16N4O3. The minimum atomic E-state index is -0.347. The minimum absolute atomic E-state index is 0.194. The number of nitrogens with one attached hydrogen (secondary N) is 3. The summed E-state index contributed by atoms with van der Waals surface area (Å²) in [5.74, 6) is 2.04. The van der Waals surface area contributed by atoms with Crippen molar-refractivity contribution in [3.63, 3.8) is 0 Å². The first-order chi connectivity index (χ1) is 13.7. The lowest BCUT2D eigenvalue weighted by Gasteiger charge is -2.09. The fourth-order valence-corrected chi connectivity index (χ4v) is 3.10. The number of hydrogen-bond acceptors (Lipinski definition) is 4. The van der Waals surface area contributed by atoms with Gasteiger partial charge in [0.1, 0.15) is 5.82 Å². The van der Waals surface area contributed by atoms with Gasteiger partial charge in [-0.1, -0.05) is 24.3 Å². The van der Waals surface area contributed by atoms with Crippen molar-refractivity contribution in [1.29, 1.82) is 0 Å². The summed E-state index contributed by atoms with van der Waals surface area (Å²) < 4.78 is 10.6. The molecule has 1 aromatic heterocycles. The maximum atomic E-state index is 12.4. The summed E-state index contributed by atoms with van der Waals surface area (Å²) in [6.07, 6.45) is 0.